The van der Waals surface area contributed by atoms with Crippen LogP contribution in [0, 0.1) is 10.8 Å². The molecule has 2 saturated heterocycles. The lowest BCUT2D eigenvalue weighted by atomic mass is 9.73. The number of hydrogen-bond donors (Lipinski definition) is 5. The Hall–Kier alpha value is -7.80. The molecule has 2 amide bonds. The molecular formula is C63H67N15O5S3. The molecule has 5 aliphatic rings. The van der Waals surface area contributed by atoms with Gasteiger partial charge in [0.1, 0.15) is 21.4 Å². The van der Waals surface area contributed by atoms with Crippen molar-refractivity contribution in [1.82, 2.24) is 54.5 Å². The molecule has 2 spiro atoms. The summed E-state index contributed by atoms with van der Waals surface area (Å²) in [5.41, 5.74) is 23.1. The summed E-state index contributed by atoms with van der Waals surface area (Å²) in [6.45, 7) is 10.1. The second-order valence-corrected chi connectivity index (χ2v) is 27.9. The van der Waals surface area contributed by atoms with E-state index in [1.165, 1.54) is 50.7 Å². The SMILES string of the molecule is COc1ncc(CN)cc1Sc1cnc2nc(N3CCC4(CC3)Cc3ccccc3[C@H]4N)[nH]c2n1.COc1ncc(CN2C(=O)c3ccccc3C2=O)cc1Sc1cnc2[nH]c(N3CCC4(CC3)Cc3ccccc3[C@H]4N[S@](=O)C(C)(C)C)cc2n1. The van der Waals surface area contributed by atoms with Gasteiger partial charge in [0.2, 0.25) is 17.7 Å². The maximum absolute atomic E-state index is 13.3. The number of ether oxygens (including phenoxy) is 2. The van der Waals surface area contributed by atoms with Gasteiger partial charge in [-0.2, -0.15) is 4.98 Å². The Bertz CT molecular complexity index is 4060. The number of nitrogens with two attached hydrogens (primary N) is 2. The number of nitrogens with zero attached hydrogens (tertiary/aromatic N) is 10. The standard InChI is InChI=1S/C38H39N7O4S2.C25H28N8OS/c1-37(2,3)51(48)43-32-25-10-6-5-9-24(25)19-38(32)13-15-44(16-14-38)30-18-28-33(42-30)39-21-31(41-28)50-29-17-23(20-40-34(29)49-4)22-45-35(46)26-11-7-8-12-27(26)36(45)47;1-34-23-18(10-15(12-26)13-29-23)35-19-14-28-21-22(30-19)32-24(31-21)33-8-6-25(7-9-33)11-16-4-2-3-5-17(16)20(25)27/h5-12,17-18,20-21,32,43H,13-16,19,22H2,1-4H3,(H,39,42);2-5,10,13-14,20H,6-9,11-12,26-27H2,1H3,(H,28,30,31,32)/t32-,51-;20-/m11/s1. The molecule has 2 aliphatic carbocycles. The average Bonchev–Trinajstić information content (AvgIpc) is 2.01. The van der Waals surface area contributed by atoms with E-state index in [2.05, 4.69) is 88.0 Å². The third-order valence-corrected chi connectivity index (χ3v) is 20.9. The lowest BCUT2D eigenvalue weighted by Gasteiger charge is -2.44. The van der Waals surface area contributed by atoms with Crippen LogP contribution < -0.4 is 35.5 Å². The minimum atomic E-state index is -1.18. The molecule has 6 aromatic heterocycles. The summed E-state index contributed by atoms with van der Waals surface area (Å²) in [4.78, 5) is 72.6. The molecule has 3 aromatic carbocycles. The van der Waals surface area contributed by atoms with E-state index in [1.807, 2.05) is 39.0 Å². The minimum Gasteiger partial charge on any atom is -0.480 e. The van der Waals surface area contributed by atoms with Crippen molar-refractivity contribution in [3.05, 3.63) is 160 Å². The topological polar surface area (TPSA) is 265 Å². The fourth-order valence-electron chi connectivity index (χ4n) is 12.8. The fourth-order valence-corrected chi connectivity index (χ4v) is 15.6. The zero-order valence-electron chi connectivity index (χ0n) is 48.5. The summed E-state index contributed by atoms with van der Waals surface area (Å²) in [7, 11) is 1.98. The average molecular weight is 1210 g/mol. The molecule has 23 heteroatoms. The lowest BCUT2D eigenvalue weighted by molar-refractivity contribution is 0.0642. The zero-order chi connectivity index (χ0) is 59.5. The molecule has 0 unspecified atom stereocenters. The first-order valence-corrected chi connectivity index (χ1v) is 31.6. The Kier molecular flexibility index (Phi) is 15.4. The summed E-state index contributed by atoms with van der Waals surface area (Å²) in [5.74, 6) is 2.11. The number of piperidine rings is 2. The van der Waals surface area contributed by atoms with Crippen molar-refractivity contribution in [2.24, 2.45) is 22.3 Å². The first-order valence-electron chi connectivity index (χ1n) is 28.9. The molecule has 0 saturated carbocycles. The van der Waals surface area contributed by atoms with E-state index >= 15 is 0 Å². The van der Waals surface area contributed by atoms with Crippen LogP contribution in [0.1, 0.15) is 113 Å². The number of imide groups is 1. The molecule has 86 heavy (non-hydrogen) atoms. The predicted octanol–water partition coefficient (Wildman–Crippen LogP) is 9.45. The molecule has 20 nitrogen and oxygen atoms in total. The van der Waals surface area contributed by atoms with Gasteiger partial charge in [0.15, 0.2) is 16.9 Å². The number of aromatic nitrogens is 9. The predicted molar refractivity (Wildman–Crippen MR) is 333 cm³/mol. The van der Waals surface area contributed by atoms with Gasteiger partial charge in [0.05, 0.1) is 75.9 Å². The number of methoxy groups -OCH3 is 2. The number of aromatic amines is 2. The smallest absolute Gasteiger partial charge is 0.261 e. The quantitative estimate of drug-likeness (QED) is 0.0673. The van der Waals surface area contributed by atoms with Crippen molar-refractivity contribution in [3.63, 3.8) is 0 Å². The molecule has 9 heterocycles. The maximum Gasteiger partial charge on any atom is 0.261 e. The van der Waals surface area contributed by atoms with Crippen LogP contribution in [0.2, 0.25) is 0 Å². The van der Waals surface area contributed by atoms with Gasteiger partial charge in [-0.3, -0.25) is 14.5 Å². The molecule has 0 radical (unpaired) electrons. The molecule has 7 N–H and O–H groups in total. The van der Waals surface area contributed by atoms with E-state index in [-0.39, 0.29) is 46.0 Å². The number of amides is 2. The van der Waals surface area contributed by atoms with Crippen LogP contribution in [-0.4, -0.2) is 111 Å². The fraction of sp³-hybridized carbons (Fsp3) is 0.349. The van der Waals surface area contributed by atoms with Crippen LogP contribution in [0.15, 0.2) is 136 Å². The van der Waals surface area contributed by atoms with E-state index in [4.69, 9.17) is 40.9 Å². The highest BCUT2D eigenvalue weighted by Gasteiger charge is 2.49. The van der Waals surface area contributed by atoms with Gasteiger partial charge in [0.25, 0.3) is 11.8 Å². The van der Waals surface area contributed by atoms with E-state index in [0.717, 1.165) is 97.5 Å². The van der Waals surface area contributed by atoms with Gasteiger partial charge in [-0.1, -0.05) is 84.2 Å². The van der Waals surface area contributed by atoms with Crippen LogP contribution in [0.25, 0.3) is 22.5 Å². The number of pyridine rings is 2. The Morgan fingerprint density at radius 2 is 1.24 bits per heavy atom. The number of nitrogens with one attached hydrogen (secondary N) is 3. The van der Waals surface area contributed by atoms with Crippen molar-refractivity contribution in [2.45, 2.75) is 109 Å². The molecule has 3 aliphatic heterocycles. The van der Waals surface area contributed by atoms with E-state index < -0.39 is 11.0 Å². The maximum atomic E-state index is 13.3. The molecular weight excluding hydrogens is 1140 g/mol. The molecule has 9 aromatic rings. The van der Waals surface area contributed by atoms with Crippen LogP contribution in [0.5, 0.6) is 11.8 Å². The van der Waals surface area contributed by atoms with Gasteiger partial charge in [-0.05, 0) is 128 Å². The van der Waals surface area contributed by atoms with Crippen molar-refractivity contribution in [3.8, 4) is 11.8 Å². The molecule has 0 bridgehead atoms. The largest absolute Gasteiger partial charge is 0.480 e. The number of imidazole rings is 1. The van der Waals surface area contributed by atoms with E-state index in [9.17, 15) is 13.8 Å². The van der Waals surface area contributed by atoms with Crippen LogP contribution in [0.4, 0.5) is 11.8 Å². The van der Waals surface area contributed by atoms with Gasteiger partial charge in [0, 0.05) is 57.2 Å². The summed E-state index contributed by atoms with van der Waals surface area (Å²) >= 11 is 2.81. The number of anilines is 2. The second kappa shape index (κ2) is 23.1. The number of hydrogen-bond acceptors (Lipinski definition) is 18. The number of fused-ring (bicyclic) bond motifs is 5. The Morgan fingerprint density at radius 3 is 1.90 bits per heavy atom. The molecule has 2 fully saturated rings. The van der Waals surface area contributed by atoms with Crippen LogP contribution in [0.3, 0.4) is 0 Å². The van der Waals surface area contributed by atoms with E-state index in [1.54, 1.807) is 63.3 Å². The zero-order valence-corrected chi connectivity index (χ0v) is 51.0. The van der Waals surface area contributed by atoms with Crippen molar-refractivity contribution >= 4 is 80.5 Å². The minimum absolute atomic E-state index is 0.00557. The van der Waals surface area contributed by atoms with Gasteiger partial charge in [-0.15, -0.1) is 0 Å². The number of benzene rings is 3. The highest BCUT2D eigenvalue weighted by molar-refractivity contribution is 7.99. The second-order valence-electron chi connectivity index (χ2n) is 23.7. The highest BCUT2D eigenvalue weighted by atomic mass is 32.2. The Labute approximate surface area is 509 Å². The number of carbonyl (C=O) groups excluding carboxylic acids is 2. The molecule has 14 rings (SSSR count). The van der Waals surface area contributed by atoms with Gasteiger partial charge < -0.3 is 40.7 Å². The van der Waals surface area contributed by atoms with E-state index in [0.29, 0.717) is 61.9 Å². The van der Waals surface area contributed by atoms with Crippen LogP contribution >= 0.6 is 23.5 Å². The highest BCUT2D eigenvalue weighted by Crippen LogP contribution is 2.54. The first kappa shape index (κ1) is 57.3. The third kappa shape index (κ3) is 10.9. The summed E-state index contributed by atoms with van der Waals surface area (Å²) in [6.07, 6.45) is 12.8. The van der Waals surface area contributed by atoms with Crippen LogP contribution in [-0.2, 0) is 36.9 Å². The normalized spacial score (nSPS) is 18.8. The van der Waals surface area contributed by atoms with Crippen molar-refractivity contribution in [1.29, 1.82) is 0 Å². The number of H-pyrrole nitrogens is 2. The molecule has 442 valence electrons. The monoisotopic (exact) mass is 1210 g/mol. The Balaban J connectivity index is 0.000000171. The molecule has 3 atom stereocenters. The summed E-state index contributed by atoms with van der Waals surface area (Å²) in [6, 6.07) is 30.1. The van der Waals surface area contributed by atoms with Gasteiger partial charge >= 0.3 is 0 Å². The van der Waals surface area contributed by atoms with Crippen molar-refractivity contribution < 1.29 is 23.3 Å². The van der Waals surface area contributed by atoms with Gasteiger partial charge in [-0.25, -0.2) is 38.8 Å². The van der Waals surface area contributed by atoms with Crippen molar-refractivity contribution in [2.75, 3.05) is 50.2 Å². The number of carbonyl (C=O) groups is 2. The number of rotatable bonds is 13. The lowest BCUT2D eigenvalue weighted by Crippen LogP contribution is -2.48. The third-order valence-electron chi connectivity index (χ3n) is 17.5. The summed E-state index contributed by atoms with van der Waals surface area (Å²) in [5, 5.41) is 1.39. The Morgan fingerprint density at radius 1 is 0.674 bits per heavy atom. The first-order chi connectivity index (χ1) is 41.6. The summed E-state index contributed by atoms with van der Waals surface area (Å²) < 4.78 is 27.4.